The van der Waals surface area contributed by atoms with Gasteiger partial charge in [0, 0.05) is 6.54 Å². The lowest BCUT2D eigenvalue weighted by atomic mass is 10.1. The van der Waals surface area contributed by atoms with Crippen LogP contribution in [0.4, 0.5) is 11.5 Å². The molecule has 2 rings (SSSR count). The minimum Gasteiger partial charge on any atom is -0.394 e. The molecule has 0 aliphatic carbocycles. The first-order chi connectivity index (χ1) is 8.27. The van der Waals surface area contributed by atoms with Crippen LogP contribution in [0.2, 0.25) is 0 Å². The zero-order chi connectivity index (χ0) is 12.1. The van der Waals surface area contributed by atoms with Crippen molar-refractivity contribution in [2.24, 2.45) is 0 Å². The maximum absolute atomic E-state index is 9.93. The second-order valence-electron chi connectivity index (χ2n) is 3.63. The van der Waals surface area contributed by atoms with E-state index in [0.717, 1.165) is 5.56 Å². The number of nitrogen functional groups attached to an aromatic ring is 1. The van der Waals surface area contributed by atoms with Gasteiger partial charge >= 0.3 is 0 Å². The third kappa shape index (κ3) is 2.92. The van der Waals surface area contributed by atoms with Gasteiger partial charge in [-0.25, -0.2) is 9.97 Å². The van der Waals surface area contributed by atoms with Gasteiger partial charge in [-0.3, -0.25) is 0 Å². The van der Waals surface area contributed by atoms with Gasteiger partial charge in [-0.05, 0) is 5.56 Å². The molecule has 0 aliphatic rings. The third-order valence-corrected chi connectivity index (χ3v) is 2.39. The molecule has 0 bridgehead atoms. The first-order valence-electron chi connectivity index (χ1n) is 5.29. The molecule has 5 heteroatoms. The highest BCUT2D eigenvalue weighted by molar-refractivity contribution is 5.58. The van der Waals surface area contributed by atoms with Crippen LogP contribution in [0, 0.1) is 0 Å². The van der Waals surface area contributed by atoms with E-state index in [1.165, 1.54) is 12.5 Å². The van der Waals surface area contributed by atoms with Crippen LogP contribution in [0.15, 0.2) is 42.9 Å². The highest BCUT2D eigenvalue weighted by atomic mass is 16.3. The molecule has 0 saturated carbocycles. The first-order valence-corrected chi connectivity index (χ1v) is 5.29. The van der Waals surface area contributed by atoms with Gasteiger partial charge in [0.2, 0.25) is 0 Å². The zero-order valence-electron chi connectivity index (χ0n) is 9.24. The minimum absolute atomic E-state index is 0.352. The normalized spacial score (nSPS) is 12.1. The molecular weight excluding hydrogens is 216 g/mol. The predicted molar refractivity (Wildman–Crippen MR) is 66.3 cm³/mol. The molecule has 0 amide bonds. The molecule has 0 aliphatic heterocycles. The Morgan fingerprint density at radius 1 is 1.29 bits per heavy atom. The molecule has 1 atom stereocenters. The van der Waals surface area contributed by atoms with Gasteiger partial charge < -0.3 is 16.2 Å². The number of rotatable bonds is 4. The van der Waals surface area contributed by atoms with Crippen LogP contribution in [0.25, 0.3) is 0 Å². The maximum Gasteiger partial charge on any atom is 0.152 e. The van der Waals surface area contributed by atoms with E-state index in [-0.39, 0.29) is 0 Å². The number of aliphatic hydroxyl groups excluding tert-OH is 1. The summed E-state index contributed by atoms with van der Waals surface area (Å²) in [6, 6.07) is 9.42. The molecule has 0 fully saturated rings. The Morgan fingerprint density at radius 2 is 2.06 bits per heavy atom. The number of aliphatic hydroxyl groups is 1. The summed E-state index contributed by atoms with van der Waals surface area (Å²) in [7, 11) is 0. The lowest BCUT2D eigenvalue weighted by molar-refractivity contribution is 0.191. The van der Waals surface area contributed by atoms with Crippen molar-refractivity contribution in [3.63, 3.8) is 0 Å². The van der Waals surface area contributed by atoms with Crippen LogP contribution in [-0.4, -0.2) is 21.6 Å². The van der Waals surface area contributed by atoms with Gasteiger partial charge in [-0.1, -0.05) is 30.3 Å². The summed E-state index contributed by atoms with van der Waals surface area (Å²) in [6.07, 6.45) is 2.34. The zero-order valence-corrected chi connectivity index (χ0v) is 9.24. The number of aromatic nitrogens is 2. The Labute approximate surface area is 99.3 Å². The van der Waals surface area contributed by atoms with Crippen molar-refractivity contribution in [3.8, 4) is 0 Å². The largest absolute Gasteiger partial charge is 0.394 e. The molecule has 0 radical (unpaired) electrons. The van der Waals surface area contributed by atoms with Crippen LogP contribution < -0.4 is 11.1 Å². The monoisotopic (exact) mass is 230 g/mol. The van der Waals surface area contributed by atoms with Gasteiger partial charge in [-0.2, -0.15) is 0 Å². The topological polar surface area (TPSA) is 84.1 Å². The SMILES string of the molecule is Nc1cncnc1NCC(O)c1ccccc1. The number of hydrogen-bond acceptors (Lipinski definition) is 5. The lowest BCUT2D eigenvalue weighted by Gasteiger charge is -2.13. The quantitative estimate of drug-likeness (QED) is 0.735. The molecule has 2 aromatic rings. The second kappa shape index (κ2) is 5.27. The summed E-state index contributed by atoms with van der Waals surface area (Å²) in [6.45, 7) is 0.352. The van der Waals surface area contributed by atoms with Crippen LogP contribution >= 0.6 is 0 Å². The molecule has 1 aromatic carbocycles. The third-order valence-electron chi connectivity index (χ3n) is 2.39. The molecule has 1 heterocycles. The molecule has 0 spiro atoms. The predicted octanol–water partition coefficient (Wildman–Crippen LogP) is 1.20. The van der Waals surface area contributed by atoms with E-state index >= 15 is 0 Å². The van der Waals surface area contributed by atoms with Crippen LogP contribution in [0.5, 0.6) is 0 Å². The van der Waals surface area contributed by atoms with Gasteiger partial charge in [0.05, 0.1) is 18.0 Å². The smallest absolute Gasteiger partial charge is 0.152 e. The van der Waals surface area contributed by atoms with E-state index in [1.54, 1.807) is 0 Å². The van der Waals surface area contributed by atoms with Crippen molar-refractivity contribution in [1.82, 2.24) is 9.97 Å². The van der Waals surface area contributed by atoms with E-state index in [4.69, 9.17) is 5.73 Å². The number of hydrogen-bond donors (Lipinski definition) is 3. The van der Waals surface area contributed by atoms with Gasteiger partial charge in [0.1, 0.15) is 6.33 Å². The standard InChI is InChI=1S/C12H14N4O/c13-10-6-14-8-16-12(10)15-7-11(17)9-4-2-1-3-5-9/h1-6,8,11,17H,7,13H2,(H,14,15,16). The summed E-state index contributed by atoms with van der Waals surface area (Å²) in [4.78, 5) is 7.78. The molecule has 88 valence electrons. The average Bonchev–Trinajstić information content (AvgIpc) is 2.38. The van der Waals surface area contributed by atoms with E-state index in [2.05, 4.69) is 15.3 Å². The Kier molecular flexibility index (Phi) is 3.52. The summed E-state index contributed by atoms with van der Waals surface area (Å²) < 4.78 is 0. The number of nitrogens with zero attached hydrogens (tertiary/aromatic N) is 2. The highest BCUT2D eigenvalue weighted by Crippen LogP contribution is 2.15. The molecule has 17 heavy (non-hydrogen) atoms. The van der Waals surface area contributed by atoms with E-state index < -0.39 is 6.10 Å². The number of benzene rings is 1. The summed E-state index contributed by atoms with van der Waals surface area (Å²) in [5, 5.41) is 12.9. The van der Waals surface area contributed by atoms with Crippen molar-refractivity contribution < 1.29 is 5.11 Å². The van der Waals surface area contributed by atoms with Crippen molar-refractivity contribution in [1.29, 1.82) is 0 Å². The van der Waals surface area contributed by atoms with Crippen molar-refractivity contribution in [3.05, 3.63) is 48.4 Å². The first kappa shape index (κ1) is 11.3. The summed E-state index contributed by atoms with van der Waals surface area (Å²) >= 11 is 0. The Bertz CT molecular complexity index is 475. The summed E-state index contributed by atoms with van der Waals surface area (Å²) in [5.41, 5.74) is 7.00. The average molecular weight is 230 g/mol. The Hall–Kier alpha value is -2.14. The minimum atomic E-state index is -0.592. The fourth-order valence-electron chi connectivity index (χ4n) is 1.47. The number of nitrogens with two attached hydrogens (primary N) is 1. The van der Waals surface area contributed by atoms with Crippen LogP contribution in [0.3, 0.4) is 0 Å². The number of anilines is 2. The van der Waals surface area contributed by atoms with Gasteiger partial charge in [0.15, 0.2) is 5.82 Å². The fourth-order valence-corrected chi connectivity index (χ4v) is 1.47. The van der Waals surface area contributed by atoms with Gasteiger partial charge in [0.25, 0.3) is 0 Å². The van der Waals surface area contributed by atoms with Gasteiger partial charge in [-0.15, -0.1) is 0 Å². The van der Waals surface area contributed by atoms with E-state index in [1.807, 2.05) is 30.3 Å². The lowest BCUT2D eigenvalue weighted by Crippen LogP contribution is -2.14. The van der Waals surface area contributed by atoms with Crippen molar-refractivity contribution in [2.75, 3.05) is 17.6 Å². The van der Waals surface area contributed by atoms with E-state index in [0.29, 0.717) is 18.1 Å². The van der Waals surface area contributed by atoms with Crippen LogP contribution in [-0.2, 0) is 0 Å². The van der Waals surface area contributed by atoms with Crippen molar-refractivity contribution >= 4 is 11.5 Å². The maximum atomic E-state index is 9.93. The molecule has 4 N–H and O–H groups in total. The number of nitrogens with one attached hydrogen (secondary N) is 1. The molecular formula is C12H14N4O. The highest BCUT2D eigenvalue weighted by Gasteiger charge is 2.07. The molecule has 0 saturated heterocycles. The Balaban J connectivity index is 1.97. The molecule has 1 unspecified atom stereocenters. The van der Waals surface area contributed by atoms with E-state index in [9.17, 15) is 5.11 Å². The van der Waals surface area contributed by atoms with Crippen molar-refractivity contribution in [2.45, 2.75) is 6.10 Å². The Morgan fingerprint density at radius 3 is 2.76 bits per heavy atom. The fraction of sp³-hybridized carbons (Fsp3) is 0.167. The summed E-state index contributed by atoms with van der Waals surface area (Å²) in [5.74, 6) is 0.537. The molecule has 5 nitrogen and oxygen atoms in total. The van der Waals surface area contributed by atoms with Crippen LogP contribution in [0.1, 0.15) is 11.7 Å². The second-order valence-corrected chi connectivity index (χ2v) is 3.63. The molecule has 1 aromatic heterocycles.